The smallest absolute Gasteiger partial charge is 0.244 e. The highest BCUT2D eigenvalue weighted by Crippen LogP contribution is 2.42. The molecule has 0 amide bonds. The number of nitrogens with one attached hydrogen (secondary N) is 1. The van der Waals surface area contributed by atoms with Crippen LogP contribution in [-0.2, 0) is 6.42 Å². The zero-order chi connectivity index (χ0) is 17.6. The number of likely N-dealkylation sites (N-methyl/N-ethyl adjacent to an activating group) is 1. The van der Waals surface area contributed by atoms with Gasteiger partial charge in [0.1, 0.15) is 5.25 Å². The van der Waals surface area contributed by atoms with Gasteiger partial charge < -0.3 is 9.84 Å². The molecule has 6 heteroatoms. The molecule has 3 aromatic rings. The van der Waals surface area contributed by atoms with Gasteiger partial charge in [0, 0.05) is 17.4 Å². The molecule has 2 aromatic carbocycles. The quantitative estimate of drug-likeness (QED) is 0.605. The van der Waals surface area contributed by atoms with Crippen LogP contribution >= 0.6 is 23.4 Å². The van der Waals surface area contributed by atoms with Crippen molar-refractivity contribution < 1.29 is 4.52 Å². The second-order valence-corrected chi connectivity index (χ2v) is 7.34. The van der Waals surface area contributed by atoms with Crippen LogP contribution < -0.4 is 5.32 Å². The molecule has 3 rings (SSSR count). The second kappa shape index (κ2) is 8.52. The van der Waals surface area contributed by atoms with Gasteiger partial charge >= 0.3 is 0 Å². The summed E-state index contributed by atoms with van der Waals surface area (Å²) in [5, 5.41) is 7.94. The second-order valence-electron chi connectivity index (χ2n) is 5.78. The average molecular weight is 374 g/mol. The molecular weight excluding hydrogens is 354 g/mol. The zero-order valence-electron chi connectivity index (χ0n) is 14.1. The molecule has 0 spiro atoms. The fraction of sp³-hybridized carbons (Fsp3) is 0.263. The van der Waals surface area contributed by atoms with E-state index in [2.05, 4.69) is 34.5 Å². The van der Waals surface area contributed by atoms with Gasteiger partial charge in [0.25, 0.3) is 0 Å². The number of aromatic nitrogens is 2. The van der Waals surface area contributed by atoms with Gasteiger partial charge in [0.05, 0.1) is 5.02 Å². The van der Waals surface area contributed by atoms with Gasteiger partial charge in [-0.3, -0.25) is 0 Å². The van der Waals surface area contributed by atoms with Crippen LogP contribution in [0.25, 0.3) is 0 Å². The summed E-state index contributed by atoms with van der Waals surface area (Å²) in [6.07, 6.45) is 0.721. The molecule has 0 aliphatic carbocycles. The Morgan fingerprint density at radius 2 is 1.84 bits per heavy atom. The summed E-state index contributed by atoms with van der Waals surface area (Å²) in [5.41, 5.74) is 1.10. The van der Waals surface area contributed by atoms with Crippen LogP contribution in [0, 0.1) is 0 Å². The van der Waals surface area contributed by atoms with Gasteiger partial charge in [-0.05, 0) is 31.7 Å². The molecule has 1 heterocycles. The molecule has 1 aromatic heterocycles. The average Bonchev–Trinajstić information content (AvgIpc) is 3.09. The van der Waals surface area contributed by atoms with E-state index < -0.39 is 0 Å². The number of thioether (sulfide) groups is 1. The van der Waals surface area contributed by atoms with Crippen LogP contribution in [0.1, 0.15) is 29.5 Å². The molecule has 4 nitrogen and oxygen atoms in total. The Morgan fingerprint density at radius 3 is 2.56 bits per heavy atom. The third kappa shape index (κ3) is 4.63. The summed E-state index contributed by atoms with van der Waals surface area (Å²) in [6, 6.07) is 18.2. The van der Waals surface area contributed by atoms with Crippen LogP contribution in [0.5, 0.6) is 0 Å². The van der Waals surface area contributed by atoms with Crippen molar-refractivity contribution in [1.29, 1.82) is 0 Å². The maximum absolute atomic E-state index is 6.34. The molecule has 0 aliphatic rings. The highest BCUT2D eigenvalue weighted by atomic mass is 35.5. The van der Waals surface area contributed by atoms with Gasteiger partial charge in [-0.1, -0.05) is 59.2 Å². The molecule has 0 radical (unpaired) electrons. The zero-order valence-corrected chi connectivity index (χ0v) is 15.7. The maximum atomic E-state index is 6.34. The van der Waals surface area contributed by atoms with E-state index in [1.165, 1.54) is 0 Å². The predicted octanol–water partition coefficient (Wildman–Crippen LogP) is 4.76. The van der Waals surface area contributed by atoms with Crippen molar-refractivity contribution in [2.45, 2.75) is 29.5 Å². The molecule has 0 saturated carbocycles. The largest absolute Gasteiger partial charge is 0.338 e. The van der Waals surface area contributed by atoms with Gasteiger partial charge in [0.2, 0.25) is 5.89 Å². The van der Waals surface area contributed by atoms with E-state index in [1.54, 1.807) is 11.8 Å². The number of hydrogen-bond donors (Lipinski definition) is 1. The number of hydrogen-bond acceptors (Lipinski definition) is 5. The number of benzene rings is 2. The summed E-state index contributed by atoms with van der Waals surface area (Å²) in [5.74, 6) is 1.30. The number of nitrogens with zero attached hydrogens (tertiary/aromatic N) is 2. The first kappa shape index (κ1) is 18.0. The van der Waals surface area contributed by atoms with Gasteiger partial charge in [-0.2, -0.15) is 4.98 Å². The molecule has 2 atom stereocenters. The van der Waals surface area contributed by atoms with E-state index in [1.807, 2.05) is 49.5 Å². The van der Waals surface area contributed by atoms with Crippen molar-refractivity contribution >= 4 is 23.4 Å². The van der Waals surface area contributed by atoms with Crippen molar-refractivity contribution in [1.82, 2.24) is 15.5 Å². The maximum Gasteiger partial charge on any atom is 0.244 e. The van der Waals surface area contributed by atoms with Crippen LogP contribution in [0.3, 0.4) is 0 Å². The van der Waals surface area contributed by atoms with Gasteiger partial charge in [-0.15, -0.1) is 11.8 Å². The van der Waals surface area contributed by atoms with Crippen molar-refractivity contribution in [3.8, 4) is 0 Å². The highest BCUT2D eigenvalue weighted by molar-refractivity contribution is 7.99. The normalized spacial score (nSPS) is 13.6. The first-order valence-electron chi connectivity index (χ1n) is 8.13. The third-order valence-corrected chi connectivity index (χ3v) is 5.63. The summed E-state index contributed by atoms with van der Waals surface area (Å²) in [7, 11) is 1.92. The first-order chi connectivity index (χ1) is 12.2. The number of rotatable bonds is 7. The van der Waals surface area contributed by atoms with E-state index in [0.717, 1.165) is 21.9 Å². The van der Waals surface area contributed by atoms with Crippen molar-refractivity contribution in [2.75, 3.05) is 7.05 Å². The Hall–Kier alpha value is -1.82. The molecule has 1 N–H and O–H groups in total. The van der Waals surface area contributed by atoms with Crippen LogP contribution in [0.4, 0.5) is 0 Å². The predicted molar refractivity (Wildman–Crippen MR) is 102 cm³/mol. The minimum absolute atomic E-state index is 0.104. The summed E-state index contributed by atoms with van der Waals surface area (Å²) in [6.45, 7) is 2.09. The topological polar surface area (TPSA) is 51.0 Å². The van der Waals surface area contributed by atoms with Gasteiger partial charge in [-0.25, -0.2) is 0 Å². The fourth-order valence-corrected chi connectivity index (χ4v) is 3.74. The molecule has 25 heavy (non-hydrogen) atoms. The molecule has 0 fully saturated rings. The van der Waals surface area contributed by atoms with E-state index in [9.17, 15) is 0 Å². The van der Waals surface area contributed by atoms with E-state index in [4.69, 9.17) is 16.1 Å². The lowest BCUT2D eigenvalue weighted by molar-refractivity contribution is 0.375. The molecule has 2 unspecified atom stereocenters. The van der Waals surface area contributed by atoms with Gasteiger partial charge in [0.15, 0.2) is 5.82 Å². The van der Waals surface area contributed by atoms with Crippen molar-refractivity contribution in [3.63, 3.8) is 0 Å². The number of halogens is 1. The molecular formula is C19H20ClN3OS. The Balaban J connectivity index is 1.91. The minimum atomic E-state index is -0.104. The van der Waals surface area contributed by atoms with Crippen LogP contribution in [0.2, 0.25) is 5.02 Å². The lowest BCUT2D eigenvalue weighted by Crippen LogP contribution is -2.24. The summed E-state index contributed by atoms with van der Waals surface area (Å²) < 4.78 is 5.59. The van der Waals surface area contributed by atoms with Crippen LogP contribution in [-0.4, -0.2) is 23.2 Å². The Morgan fingerprint density at radius 1 is 1.12 bits per heavy atom. The Bertz CT molecular complexity index is 809. The lowest BCUT2D eigenvalue weighted by Gasteiger charge is -2.14. The van der Waals surface area contributed by atoms with Crippen molar-refractivity contribution in [3.05, 3.63) is 76.9 Å². The van der Waals surface area contributed by atoms with Crippen molar-refractivity contribution in [2.24, 2.45) is 0 Å². The highest BCUT2D eigenvalue weighted by Gasteiger charge is 2.23. The fourth-order valence-electron chi connectivity index (χ4n) is 2.39. The van der Waals surface area contributed by atoms with E-state index in [-0.39, 0.29) is 11.3 Å². The molecule has 0 saturated heterocycles. The molecule has 130 valence electrons. The third-order valence-electron chi connectivity index (χ3n) is 3.87. The lowest BCUT2D eigenvalue weighted by atomic mass is 10.1. The molecule has 0 bridgehead atoms. The minimum Gasteiger partial charge on any atom is -0.338 e. The molecule has 0 aliphatic heterocycles. The monoisotopic (exact) mass is 373 g/mol. The van der Waals surface area contributed by atoms with E-state index in [0.29, 0.717) is 11.7 Å². The SMILES string of the molecule is CNC(C)Cc1noc(C(Sc2ccccc2Cl)c2ccccc2)n1. The standard InChI is InChI=1S/C19H20ClN3OS/c1-13(21-2)12-17-22-19(24-23-17)18(14-8-4-3-5-9-14)25-16-11-7-6-10-15(16)20/h3-11,13,18,21H,12H2,1-2H3. The van der Waals surface area contributed by atoms with E-state index >= 15 is 0 Å². The van der Waals surface area contributed by atoms with Crippen LogP contribution in [0.15, 0.2) is 64.0 Å². The summed E-state index contributed by atoms with van der Waals surface area (Å²) >= 11 is 7.96. The Kier molecular flexibility index (Phi) is 6.13. The summed E-state index contributed by atoms with van der Waals surface area (Å²) in [4.78, 5) is 5.61. The Labute approximate surface area is 157 Å². The first-order valence-corrected chi connectivity index (χ1v) is 9.39.